The number of hydrogen-bond acceptors (Lipinski definition) is 2. The van der Waals surface area contributed by atoms with E-state index >= 15 is 0 Å². The molecule has 68 valence electrons. The van der Waals surface area contributed by atoms with Gasteiger partial charge in [-0.25, -0.2) is 4.98 Å². The first-order valence-electron chi connectivity index (χ1n) is 4.14. The Kier molecular flexibility index (Phi) is 3.53. The molecule has 1 heterocycles. The van der Waals surface area contributed by atoms with E-state index in [0.29, 0.717) is 5.92 Å². The molecule has 0 saturated carbocycles. The lowest BCUT2D eigenvalue weighted by Gasteiger charge is -2.10. The molecule has 0 aliphatic heterocycles. The monoisotopic (exact) mass is 203 g/mol. The number of nitrogens with zero attached hydrogens (tertiary/aromatic N) is 1. The second-order valence-corrected chi connectivity index (χ2v) is 4.87. The van der Waals surface area contributed by atoms with Gasteiger partial charge in [0.2, 0.25) is 0 Å². The highest BCUT2D eigenvalue weighted by molar-refractivity contribution is 7.09. The second-order valence-electron chi connectivity index (χ2n) is 3.24. The molecule has 0 amide bonds. The third-order valence-corrected chi connectivity index (χ3v) is 3.37. The van der Waals surface area contributed by atoms with Gasteiger partial charge >= 0.3 is 0 Å². The van der Waals surface area contributed by atoms with Gasteiger partial charge in [-0.2, -0.15) is 0 Å². The van der Waals surface area contributed by atoms with Crippen LogP contribution in [0, 0.1) is 12.8 Å². The second kappa shape index (κ2) is 4.24. The fourth-order valence-corrected chi connectivity index (χ4v) is 1.94. The van der Waals surface area contributed by atoms with Gasteiger partial charge in [0.25, 0.3) is 0 Å². The smallest absolute Gasteiger partial charge is 0.0931 e. The predicted octanol–water partition coefficient (Wildman–Crippen LogP) is 3.26. The van der Waals surface area contributed by atoms with E-state index in [0.717, 1.165) is 12.1 Å². The molecule has 3 heteroatoms. The van der Waals surface area contributed by atoms with Crippen LogP contribution in [-0.2, 0) is 6.42 Å². The summed E-state index contributed by atoms with van der Waals surface area (Å²) in [5.41, 5.74) is 1.12. The first kappa shape index (κ1) is 10.0. The van der Waals surface area contributed by atoms with Crippen molar-refractivity contribution >= 4 is 22.9 Å². The molecule has 0 bridgehead atoms. The van der Waals surface area contributed by atoms with Gasteiger partial charge in [-0.1, -0.05) is 6.92 Å². The summed E-state index contributed by atoms with van der Waals surface area (Å²) in [6, 6.07) is 0. The van der Waals surface area contributed by atoms with E-state index in [2.05, 4.69) is 17.3 Å². The van der Waals surface area contributed by atoms with Crippen molar-refractivity contribution in [1.82, 2.24) is 4.98 Å². The number of aromatic nitrogens is 1. The van der Waals surface area contributed by atoms with Crippen LogP contribution in [0.15, 0.2) is 5.38 Å². The maximum atomic E-state index is 5.96. The average Bonchev–Trinajstić information content (AvgIpc) is 2.35. The van der Waals surface area contributed by atoms with Crippen LogP contribution >= 0.6 is 22.9 Å². The quantitative estimate of drug-likeness (QED) is 0.688. The lowest BCUT2D eigenvalue weighted by Crippen LogP contribution is -2.09. The fraction of sp³-hybridized carbons (Fsp3) is 0.667. The molecule has 2 atom stereocenters. The lowest BCUT2D eigenvalue weighted by atomic mass is 10.1. The number of thiazole rings is 1. The van der Waals surface area contributed by atoms with E-state index in [1.165, 1.54) is 5.01 Å². The Bertz CT molecular complexity index is 244. The Balaban J connectivity index is 2.52. The largest absolute Gasteiger partial charge is 0.247 e. The summed E-state index contributed by atoms with van der Waals surface area (Å²) < 4.78 is 0. The third-order valence-electron chi connectivity index (χ3n) is 1.95. The van der Waals surface area contributed by atoms with Crippen LogP contribution in [0.25, 0.3) is 0 Å². The van der Waals surface area contributed by atoms with Gasteiger partial charge in [-0.05, 0) is 19.8 Å². The molecule has 0 spiro atoms. The van der Waals surface area contributed by atoms with Gasteiger partial charge in [-0.3, -0.25) is 0 Å². The summed E-state index contributed by atoms with van der Waals surface area (Å²) in [5, 5.41) is 3.52. The van der Waals surface area contributed by atoms with Gasteiger partial charge < -0.3 is 0 Å². The molecular formula is C9H14ClNS. The van der Waals surface area contributed by atoms with Crippen molar-refractivity contribution in [1.29, 1.82) is 0 Å². The van der Waals surface area contributed by atoms with Gasteiger partial charge in [0.05, 0.1) is 5.01 Å². The van der Waals surface area contributed by atoms with E-state index in [1.807, 2.05) is 13.8 Å². The summed E-state index contributed by atoms with van der Waals surface area (Å²) in [4.78, 5) is 4.39. The highest BCUT2D eigenvalue weighted by Gasteiger charge is 2.11. The predicted molar refractivity (Wildman–Crippen MR) is 55.0 cm³/mol. The molecule has 0 saturated heterocycles. The summed E-state index contributed by atoms with van der Waals surface area (Å²) in [6.07, 6.45) is 1.00. The zero-order valence-corrected chi connectivity index (χ0v) is 9.25. The van der Waals surface area contributed by atoms with Crippen LogP contribution in [0.4, 0.5) is 0 Å². The number of rotatable bonds is 3. The number of halogens is 1. The zero-order chi connectivity index (χ0) is 9.14. The van der Waals surface area contributed by atoms with Crippen molar-refractivity contribution in [2.24, 2.45) is 5.92 Å². The van der Waals surface area contributed by atoms with Crippen LogP contribution in [0.5, 0.6) is 0 Å². The summed E-state index contributed by atoms with van der Waals surface area (Å²) in [6.45, 7) is 6.22. The molecule has 0 N–H and O–H groups in total. The van der Waals surface area contributed by atoms with E-state index in [1.54, 1.807) is 11.3 Å². The van der Waals surface area contributed by atoms with Crippen LogP contribution in [-0.4, -0.2) is 10.4 Å². The molecule has 0 aliphatic rings. The molecule has 12 heavy (non-hydrogen) atoms. The standard InChI is InChI=1S/C9H14ClNS/c1-6(8(3)10)4-9-11-7(2)5-12-9/h5-6,8H,4H2,1-3H3. The van der Waals surface area contributed by atoms with Crippen LogP contribution in [0.1, 0.15) is 24.5 Å². The fourth-order valence-electron chi connectivity index (χ4n) is 0.934. The van der Waals surface area contributed by atoms with E-state index in [4.69, 9.17) is 11.6 Å². The van der Waals surface area contributed by atoms with Crippen molar-refractivity contribution in [2.75, 3.05) is 0 Å². The zero-order valence-electron chi connectivity index (χ0n) is 7.67. The Morgan fingerprint density at radius 2 is 2.25 bits per heavy atom. The highest BCUT2D eigenvalue weighted by Crippen LogP contribution is 2.18. The number of aryl methyl sites for hydroxylation is 1. The molecule has 0 aromatic carbocycles. The van der Waals surface area contributed by atoms with Crippen molar-refractivity contribution < 1.29 is 0 Å². The normalized spacial score (nSPS) is 16.0. The minimum Gasteiger partial charge on any atom is -0.247 e. The maximum Gasteiger partial charge on any atom is 0.0931 e. The van der Waals surface area contributed by atoms with Crippen molar-refractivity contribution in [2.45, 2.75) is 32.6 Å². The Morgan fingerprint density at radius 3 is 2.67 bits per heavy atom. The SMILES string of the molecule is Cc1csc(CC(C)C(C)Cl)n1. The third kappa shape index (κ3) is 2.76. The molecular weight excluding hydrogens is 190 g/mol. The Morgan fingerprint density at radius 1 is 1.58 bits per heavy atom. The van der Waals surface area contributed by atoms with Crippen molar-refractivity contribution in [3.8, 4) is 0 Å². The van der Waals surface area contributed by atoms with Crippen molar-refractivity contribution in [3.63, 3.8) is 0 Å². The number of alkyl halides is 1. The van der Waals surface area contributed by atoms with Gasteiger partial charge in [0.15, 0.2) is 0 Å². The van der Waals surface area contributed by atoms with Crippen LogP contribution in [0.3, 0.4) is 0 Å². The number of hydrogen-bond donors (Lipinski definition) is 0. The van der Waals surface area contributed by atoms with Gasteiger partial charge in [0.1, 0.15) is 0 Å². The molecule has 1 aromatic rings. The highest BCUT2D eigenvalue weighted by atomic mass is 35.5. The maximum absolute atomic E-state index is 5.96. The summed E-state index contributed by atoms with van der Waals surface area (Å²) >= 11 is 7.69. The molecule has 1 aromatic heterocycles. The topological polar surface area (TPSA) is 12.9 Å². The first-order chi connectivity index (χ1) is 5.59. The molecule has 0 fully saturated rings. The average molecular weight is 204 g/mol. The van der Waals surface area contributed by atoms with Crippen LogP contribution < -0.4 is 0 Å². The molecule has 0 radical (unpaired) electrons. The molecule has 0 aliphatic carbocycles. The van der Waals surface area contributed by atoms with E-state index < -0.39 is 0 Å². The molecule has 2 unspecified atom stereocenters. The Hall–Kier alpha value is -0.0800. The minimum absolute atomic E-state index is 0.231. The van der Waals surface area contributed by atoms with E-state index in [9.17, 15) is 0 Å². The van der Waals surface area contributed by atoms with E-state index in [-0.39, 0.29) is 5.38 Å². The summed E-state index contributed by atoms with van der Waals surface area (Å²) in [5.74, 6) is 0.511. The Labute approximate surface area is 82.8 Å². The molecule has 1 nitrogen and oxygen atoms in total. The van der Waals surface area contributed by atoms with Crippen LogP contribution in [0.2, 0.25) is 0 Å². The van der Waals surface area contributed by atoms with Gasteiger partial charge in [-0.15, -0.1) is 22.9 Å². The first-order valence-corrected chi connectivity index (χ1v) is 5.46. The molecule has 1 rings (SSSR count). The summed E-state index contributed by atoms with van der Waals surface area (Å²) in [7, 11) is 0. The lowest BCUT2D eigenvalue weighted by molar-refractivity contribution is 0.566. The van der Waals surface area contributed by atoms with Crippen molar-refractivity contribution in [3.05, 3.63) is 16.1 Å². The minimum atomic E-state index is 0.231. The van der Waals surface area contributed by atoms with Gasteiger partial charge in [0, 0.05) is 22.9 Å².